The number of rotatable bonds is 6. The van der Waals surface area contributed by atoms with Gasteiger partial charge in [0.1, 0.15) is 17.8 Å². The van der Waals surface area contributed by atoms with Gasteiger partial charge in [0.25, 0.3) is 0 Å². The van der Waals surface area contributed by atoms with Crippen LogP contribution in [0.1, 0.15) is 26.3 Å². The van der Waals surface area contributed by atoms with Crippen molar-refractivity contribution in [3.05, 3.63) is 35.9 Å². The quantitative estimate of drug-likeness (QED) is 0.457. The molecule has 0 bridgehead atoms. The number of carbonyl (C=O) groups is 3. The highest BCUT2D eigenvalue weighted by molar-refractivity contribution is 6.21. The lowest BCUT2D eigenvalue weighted by Crippen LogP contribution is -2.85. The smallest absolute Gasteiger partial charge is 0.194 e. The summed E-state index contributed by atoms with van der Waals surface area (Å²) in [4.78, 5) is 36.6. The Morgan fingerprint density at radius 3 is 2.04 bits per heavy atom. The van der Waals surface area contributed by atoms with Crippen LogP contribution in [0, 0.1) is 0 Å². The fourth-order valence-electron chi connectivity index (χ4n) is 3.70. The zero-order chi connectivity index (χ0) is 21.5. The van der Waals surface area contributed by atoms with Gasteiger partial charge in [0.2, 0.25) is 0 Å². The van der Waals surface area contributed by atoms with Gasteiger partial charge in [0.15, 0.2) is 34.1 Å². The van der Waals surface area contributed by atoms with Crippen molar-refractivity contribution in [2.45, 2.75) is 61.8 Å². The summed E-state index contributed by atoms with van der Waals surface area (Å²) in [5.74, 6) is -3.27. The predicted molar refractivity (Wildman–Crippen MR) is 97.6 cm³/mol. The third-order valence-corrected chi connectivity index (χ3v) is 5.76. The van der Waals surface area contributed by atoms with E-state index in [1.54, 1.807) is 30.3 Å². The molecular weight excluding hydrogens is 392 g/mol. The molecule has 1 aliphatic rings. The highest BCUT2D eigenvalue weighted by atomic mass is 35.5. The summed E-state index contributed by atoms with van der Waals surface area (Å²) in [6.07, 6.45) is -4.62. The minimum absolute atomic E-state index is 0.426. The molecule has 0 aromatic heterocycles. The van der Waals surface area contributed by atoms with Gasteiger partial charge in [0, 0.05) is 6.42 Å². The van der Waals surface area contributed by atoms with E-state index >= 15 is 0 Å². The Morgan fingerprint density at radius 2 is 1.61 bits per heavy atom. The Labute approximate surface area is 166 Å². The lowest BCUT2D eigenvalue weighted by molar-refractivity contribution is -0.323. The number of carbonyl (C=O) groups excluding carboxylic acids is 3. The number of ether oxygens (including phenoxy) is 1. The molecule has 154 valence electrons. The first-order valence-corrected chi connectivity index (χ1v) is 8.98. The minimum atomic E-state index is -3.17. The molecule has 28 heavy (non-hydrogen) atoms. The van der Waals surface area contributed by atoms with Crippen molar-refractivity contribution < 1.29 is 39.5 Å². The first-order chi connectivity index (χ1) is 12.8. The van der Waals surface area contributed by atoms with Gasteiger partial charge in [-0.05, 0) is 26.3 Å². The van der Waals surface area contributed by atoms with Crippen LogP contribution in [0.3, 0.4) is 0 Å². The third-order valence-electron chi connectivity index (χ3n) is 5.30. The van der Waals surface area contributed by atoms with E-state index < -0.39 is 58.3 Å². The average Bonchev–Trinajstić information content (AvgIpc) is 2.63. The Morgan fingerprint density at radius 1 is 1.07 bits per heavy atom. The molecule has 1 aromatic carbocycles. The Hall–Kier alpha value is -1.68. The second-order valence-corrected chi connectivity index (χ2v) is 7.50. The third kappa shape index (κ3) is 3.10. The molecule has 0 aliphatic carbocycles. The Bertz CT molecular complexity index is 783. The standard InChI is InChI=1S/C19H23ClO8/c1-10(21)14(24)15-18(26,11(2)22)19(27,12(3)23)17(25,16(20)28-15)9-13-7-5-4-6-8-13/h4-8,14-16,24-27H,9H2,1-3H3/t14?,15-,16+,17+,18+,19-/m1/s1. The molecule has 1 fully saturated rings. The SMILES string of the molecule is CC(=O)C(O)[C@H]1O[C@H](Cl)[C@@](O)(Cc2ccccc2)[C@](O)(C(C)=O)[C@]1(O)C(C)=O. The average molecular weight is 415 g/mol. The summed E-state index contributed by atoms with van der Waals surface area (Å²) in [7, 11) is 0. The van der Waals surface area contributed by atoms with E-state index in [4.69, 9.17) is 16.3 Å². The highest BCUT2D eigenvalue weighted by Gasteiger charge is 2.77. The largest absolute Gasteiger partial charge is 0.382 e. The van der Waals surface area contributed by atoms with Crippen LogP contribution in [0.2, 0.25) is 0 Å². The second-order valence-electron chi connectivity index (χ2n) is 7.10. The molecule has 6 atom stereocenters. The first kappa shape index (κ1) is 22.6. The number of hydrogen-bond donors (Lipinski definition) is 4. The molecule has 1 aromatic rings. The predicted octanol–water partition coefficient (Wildman–Crippen LogP) is -0.486. The molecule has 0 spiro atoms. The van der Waals surface area contributed by atoms with E-state index in [1.807, 2.05) is 0 Å². The molecule has 0 amide bonds. The maximum Gasteiger partial charge on any atom is 0.194 e. The van der Waals surface area contributed by atoms with Crippen LogP contribution in [0.15, 0.2) is 30.3 Å². The van der Waals surface area contributed by atoms with Crippen molar-refractivity contribution in [1.29, 1.82) is 0 Å². The summed E-state index contributed by atoms with van der Waals surface area (Å²) in [6.45, 7) is 2.67. The fourth-order valence-corrected chi connectivity index (χ4v) is 4.05. The van der Waals surface area contributed by atoms with Crippen LogP contribution in [0.4, 0.5) is 0 Å². The molecule has 8 nitrogen and oxygen atoms in total. The lowest BCUT2D eigenvalue weighted by atomic mass is 9.60. The van der Waals surface area contributed by atoms with E-state index in [0.717, 1.165) is 20.8 Å². The highest BCUT2D eigenvalue weighted by Crippen LogP contribution is 2.49. The maximum absolute atomic E-state index is 12.5. The second kappa shape index (κ2) is 7.62. The lowest BCUT2D eigenvalue weighted by Gasteiger charge is -2.58. The first-order valence-electron chi connectivity index (χ1n) is 8.55. The number of aliphatic hydroxyl groups is 4. The van der Waals surface area contributed by atoms with Crippen LogP contribution in [-0.2, 0) is 25.5 Å². The molecule has 1 saturated heterocycles. The van der Waals surface area contributed by atoms with E-state index in [-0.39, 0.29) is 0 Å². The van der Waals surface area contributed by atoms with Crippen molar-refractivity contribution in [1.82, 2.24) is 0 Å². The number of benzene rings is 1. The normalized spacial score (nSPS) is 36.6. The van der Waals surface area contributed by atoms with Crippen LogP contribution < -0.4 is 0 Å². The van der Waals surface area contributed by atoms with Crippen LogP contribution in [0.25, 0.3) is 0 Å². The van der Waals surface area contributed by atoms with Crippen molar-refractivity contribution in [2.75, 3.05) is 0 Å². The van der Waals surface area contributed by atoms with Crippen LogP contribution in [0.5, 0.6) is 0 Å². The summed E-state index contributed by atoms with van der Waals surface area (Å²) in [6, 6.07) is 8.12. The monoisotopic (exact) mass is 414 g/mol. The number of aliphatic hydroxyl groups excluding tert-OH is 1. The maximum atomic E-state index is 12.5. The van der Waals surface area contributed by atoms with E-state index in [2.05, 4.69) is 0 Å². The molecule has 4 N–H and O–H groups in total. The van der Waals surface area contributed by atoms with Gasteiger partial charge in [-0.25, -0.2) is 0 Å². The molecule has 0 radical (unpaired) electrons. The van der Waals surface area contributed by atoms with E-state index in [9.17, 15) is 34.8 Å². The summed E-state index contributed by atoms with van der Waals surface area (Å²) in [5, 5.41) is 44.0. The van der Waals surface area contributed by atoms with Gasteiger partial charge in [-0.2, -0.15) is 0 Å². The molecule has 0 saturated carbocycles. The summed E-state index contributed by atoms with van der Waals surface area (Å²) < 4.78 is 5.28. The number of hydrogen-bond acceptors (Lipinski definition) is 8. The summed E-state index contributed by atoms with van der Waals surface area (Å²) in [5.41, 5.74) is -10.4. The minimum Gasteiger partial charge on any atom is -0.382 e. The molecular formula is C19H23ClO8. The van der Waals surface area contributed by atoms with Gasteiger partial charge < -0.3 is 25.2 Å². The van der Waals surface area contributed by atoms with Gasteiger partial charge in [-0.15, -0.1) is 0 Å². The van der Waals surface area contributed by atoms with Gasteiger partial charge >= 0.3 is 0 Å². The molecule has 1 unspecified atom stereocenters. The number of ketones is 3. The van der Waals surface area contributed by atoms with E-state index in [0.29, 0.717) is 5.56 Å². The number of Topliss-reactive ketones (excluding diaryl/α,β-unsaturated/α-hetero) is 3. The molecule has 2 rings (SSSR count). The Balaban J connectivity index is 2.74. The van der Waals surface area contributed by atoms with E-state index in [1.165, 1.54) is 0 Å². The topological polar surface area (TPSA) is 141 Å². The van der Waals surface area contributed by atoms with Crippen molar-refractivity contribution >= 4 is 29.0 Å². The van der Waals surface area contributed by atoms with Crippen molar-refractivity contribution in [3.8, 4) is 0 Å². The zero-order valence-electron chi connectivity index (χ0n) is 15.6. The fraction of sp³-hybridized carbons (Fsp3) is 0.526. The molecule has 1 heterocycles. The van der Waals surface area contributed by atoms with Crippen LogP contribution >= 0.6 is 11.6 Å². The number of alkyl halides is 1. The Kier molecular flexibility index (Phi) is 6.16. The zero-order valence-corrected chi connectivity index (χ0v) is 16.4. The van der Waals surface area contributed by atoms with Crippen molar-refractivity contribution in [3.63, 3.8) is 0 Å². The molecule has 9 heteroatoms. The van der Waals surface area contributed by atoms with Crippen LogP contribution in [-0.4, -0.2) is 72.4 Å². The van der Waals surface area contributed by atoms with Gasteiger partial charge in [0.05, 0.1) is 0 Å². The summed E-state index contributed by atoms with van der Waals surface area (Å²) >= 11 is 6.15. The van der Waals surface area contributed by atoms with Gasteiger partial charge in [-0.3, -0.25) is 14.4 Å². The molecule has 1 aliphatic heterocycles. The van der Waals surface area contributed by atoms with Gasteiger partial charge in [-0.1, -0.05) is 41.9 Å². The van der Waals surface area contributed by atoms with Crippen molar-refractivity contribution in [2.24, 2.45) is 0 Å². The number of halogens is 1.